The van der Waals surface area contributed by atoms with E-state index >= 15 is 0 Å². The Hall–Kier alpha value is -1.80. The Morgan fingerprint density at radius 3 is 2.85 bits per heavy atom. The first kappa shape index (κ1) is 13.2. The van der Waals surface area contributed by atoms with Crippen molar-refractivity contribution in [3.8, 4) is 0 Å². The van der Waals surface area contributed by atoms with Crippen LogP contribution >= 0.6 is 27.3 Å². The molecule has 1 N–H and O–H groups in total. The van der Waals surface area contributed by atoms with E-state index in [4.69, 9.17) is 0 Å². The van der Waals surface area contributed by atoms with E-state index in [2.05, 4.69) is 36.5 Å². The number of halogens is 1. The molecule has 0 saturated heterocycles. The third kappa shape index (κ3) is 2.32. The van der Waals surface area contributed by atoms with Crippen LogP contribution in [0.4, 0.5) is 5.69 Å². The molecule has 0 radical (unpaired) electrons. The number of aromatic nitrogens is 4. The van der Waals surface area contributed by atoms with Gasteiger partial charge in [-0.2, -0.15) is 4.52 Å². The summed E-state index contributed by atoms with van der Waals surface area (Å²) in [6.45, 7) is 3.78. The Balaban J connectivity index is 1.86. The molecule has 2 heterocycles. The number of nitrogens with zero attached hydrogens (tertiary/aromatic N) is 4. The number of hydrogen-bond donors (Lipinski definition) is 1. The van der Waals surface area contributed by atoms with Gasteiger partial charge in [-0.1, -0.05) is 33.3 Å². The van der Waals surface area contributed by atoms with Crippen LogP contribution < -0.4 is 5.32 Å². The fourth-order valence-electron chi connectivity index (χ4n) is 1.66. The number of fused-ring (bicyclic) bond motifs is 1. The summed E-state index contributed by atoms with van der Waals surface area (Å²) >= 11 is 4.64. The molecule has 3 rings (SSSR count). The van der Waals surface area contributed by atoms with E-state index < -0.39 is 0 Å². The van der Waals surface area contributed by atoms with Gasteiger partial charge in [0, 0.05) is 10.2 Å². The second-order valence-corrected chi connectivity index (χ2v) is 6.08. The first-order chi connectivity index (χ1) is 9.54. The van der Waals surface area contributed by atoms with Crippen molar-refractivity contribution in [2.75, 3.05) is 5.32 Å². The Morgan fingerprint density at radius 2 is 2.15 bits per heavy atom. The Kier molecular flexibility index (Phi) is 3.27. The molecular formula is C12H10BrN5OS. The minimum atomic E-state index is -0.254. The van der Waals surface area contributed by atoms with Crippen molar-refractivity contribution in [1.82, 2.24) is 19.8 Å². The molecule has 1 amide bonds. The van der Waals surface area contributed by atoms with Crippen molar-refractivity contribution in [1.29, 1.82) is 0 Å². The lowest BCUT2D eigenvalue weighted by Crippen LogP contribution is -2.12. The van der Waals surface area contributed by atoms with Crippen LogP contribution in [-0.4, -0.2) is 25.7 Å². The topological polar surface area (TPSA) is 72.2 Å². The van der Waals surface area contributed by atoms with Gasteiger partial charge in [0.15, 0.2) is 5.82 Å². The van der Waals surface area contributed by atoms with Crippen LogP contribution in [-0.2, 0) is 0 Å². The molecule has 0 bridgehead atoms. The highest BCUT2D eigenvalue weighted by Gasteiger charge is 2.15. The fourth-order valence-corrected chi connectivity index (χ4v) is 2.82. The maximum absolute atomic E-state index is 12.1. The SMILES string of the molecule is Cc1ccc(NC(=O)c2nn3c(C)nnc3s2)cc1Br. The molecule has 0 aliphatic rings. The molecule has 8 heteroatoms. The van der Waals surface area contributed by atoms with Crippen LogP contribution in [0.1, 0.15) is 21.2 Å². The van der Waals surface area contributed by atoms with E-state index in [0.717, 1.165) is 15.7 Å². The third-order valence-electron chi connectivity index (χ3n) is 2.77. The van der Waals surface area contributed by atoms with Gasteiger partial charge in [0.25, 0.3) is 5.91 Å². The molecule has 0 saturated carbocycles. The number of benzene rings is 1. The highest BCUT2D eigenvalue weighted by molar-refractivity contribution is 9.10. The van der Waals surface area contributed by atoms with Crippen LogP contribution in [0, 0.1) is 13.8 Å². The van der Waals surface area contributed by atoms with Crippen LogP contribution in [0.2, 0.25) is 0 Å². The highest BCUT2D eigenvalue weighted by atomic mass is 79.9. The van der Waals surface area contributed by atoms with Crippen molar-refractivity contribution < 1.29 is 4.79 Å². The molecule has 2 aromatic heterocycles. The third-order valence-corrected chi connectivity index (χ3v) is 4.52. The molecule has 102 valence electrons. The van der Waals surface area contributed by atoms with Gasteiger partial charge < -0.3 is 5.32 Å². The first-order valence-electron chi connectivity index (χ1n) is 5.81. The van der Waals surface area contributed by atoms with E-state index in [-0.39, 0.29) is 5.91 Å². The van der Waals surface area contributed by atoms with E-state index in [1.54, 1.807) is 11.4 Å². The highest BCUT2D eigenvalue weighted by Crippen LogP contribution is 2.22. The first-order valence-corrected chi connectivity index (χ1v) is 7.42. The number of carbonyl (C=O) groups excluding carboxylic acids is 1. The largest absolute Gasteiger partial charge is 0.320 e. The lowest BCUT2D eigenvalue weighted by Gasteiger charge is -2.04. The zero-order chi connectivity index (χ0) is 14.3. The predicted molar refractivity (Wildman–Crippen MR) is 80.2 cm³/mol. The van der Waals surface area contributed by atoms with Gasteiger partial charge >= 0.3 is 0 Å². The number of aryl methyl sites for hydroxylation is 2. The normalized spacial score (nSPS) is 10.9. The Labute approximate surface area is 127 Å². The van der Waals surface area contributed by atoms with E-state index in [0.29, 0.717) is 15.8 Å². The molecule has 1 aromatic carbocycles. The number of hydrogen-bond acceptors (Lipinski definition) is 5. The summed E-state index contributed by atoms with van der Waals surface area (Å²) in [6, 6.07) is 5.64. The van der Waals surface area contributed by atoms with Gasteiger partial charge in [0.1, 0.15) is 0 Å². The van der Waals surface area contributed by atoms with Gasteiger partial charge in [-0.3, -0.25) is 4.79 Å². The zero-order valence-corrected chi connectivity index (χ0v) is 13.1. The minimum Gasteiger partial charge on any atom is -0.320 e. The molecular weight excluding hydrogens is 342 g/mol. The summed E-state index contributed by atoms with van der Waals surface area (Å²) in [5, 5.41) is 15.2. The molecule has 6 nitrogen and oxygen atoms in total. The van der Waals surface area contributed by atoms with Gasteiger partial charge in [0.2, 0.25) is 9.97 Å². The van der Waals surface area contributed by atoms with Crippen molar-refractivity contribution in [3.63, 3.8) is 0 Å². The van der Waals surface area contributed by atoms with Gasteiger partial charge in [-0.25, -0.2) is 0 Å². The van der Waals surface area contributed by atoms with Crippen molar-refractivity contribution in [2.24, 2.45) is 0 Å². The Bertz CT molecular complexity index is 809. The monoisotopic (exact) mass is 351 g/mol. The number of anilines is 1. The van der Waals surface area contributed by atoms with Crippen LogP contribution in [0.3, 0.4) is 0 Å². The summed E-state index contributed by atoms with van der Waals surface area (Å²) in [4.78, 5) is 12.8. The summed E-state index contributed by atoms with van der Waals surface area (Å²) in [6.07, 6.45) is 0. The van der Waals surface area contributed by atoms with Crippen LogP contribution in [0.5, 0.6) is 0 Å². The standard InChI is InChI=1S/C12H10BrN5OS/c1-6-3-4-8(5-9(6)13)14-10(19)11-17-18-7(2)15-16-12(18)20-11/h3-5H,1-2H3,(H,14,19). The second-order valence-electron chi connectivity index (χ2n) is 4.27. The second kappa shape index (κ2) is 4.95. The maximum Gasteiger partial charge on any atom is 0.286 e. The maximum atomic E-state index is 12.1. The van der Waals surface area contributed by atoms with Crippen LogP contribution in [0.15, 0.2) is 22.7 Å². The molecule has 0 unspecified atom stereocenters. The summed E-state index contributed by atoms with van der Waals surface area (Å²) < 4.78 is 2.51. The molecule has 0 atom stereocenters. The fraction of sp³-hybridized carbons (Fsp3) is 0.167. The van der Waals surface area contributed by atoms with E-state index in [9.17, 15) is 4.79 Å². The number of carbonyl (C=O) groups is 1. The number of rotatable bonds is 2. The molecule has 0 aliphatic heterocycles. The van der Waals surface area contributed by atoms with Crippen molar-refractivity contribution in [3.05, 3.63) is 39.1 Å². The molecule has 0 spiro atoms. The summed E-state index contributed by atoms with van der Waals surface area (Å²) in [7, 11) is 0. The van der Waals surface area contributed by atoms with E-state index in [1.807, 2.05) is 25.1 Å². The van der Waals surface area contributed by atoms with Crippen molar-refractivity contribution in [2.45, 2.75) is 13.8 Å². The average molecular weight is 352 g/mol. The smallest absolute Gasteiger partial charge is 0.286 e. The van der Waals surface area contributed by atoms with Crippen molar-refractivity contribution >= 4 is 43.8 Å². The lowest BCUT2D eigenvalue weighted by atomic mass is 10.2. The quantitative estimate of drug-likeness (QED) is 0.770. The average Bonchev–Trinajstić information content (AvgIpc) is 2.97. The zero-order valence-electron chi connectivity index (χ0n) is 10.7. The van der Waals surface area contributed by atoms with Gasteiger partial charge in [0.05, 0.1) is 0 Å². The van der Waals surface area contributed by atoms with Gasteiger partial charge in [-0.15, -0.1) is 15.3 Å². The predicted octanol–water partition coefficient (Wildman–Crippen LogP) is 2.82. The summed E-state index contributed by atoms with van der Waals surface area (Å²) in [5.74, 6) is 0.407. The molecule has 20 heavy (non-hydrogen) atoms. The summed E-state index contributed by atoms with van der Waals surface area (Å²) in [5.41, 5.74) is 1.83. The van der Waals surface area contributed by atoms with Crippen LogP contribution in [0.25, 0.3) is 4.96 Å². The molecule has 3 aromatic rings. The minimum absolute atomic E-state index is 0.254. The Morgan fingerprint density at radius 1 is 1.35 bits per heavy atom. The number of amides is 1. The van der Waals surface area contributed by atoms with E-state index in [1.165, 1.54) is 11.3 Å². The molecule has 0 fully saturated rings. The van der Waals surface area contributed by atoms with Gasteiger partial charge in [-0.05, 0) is 31.5 Å². The number of nitrogens with one attached hydrogen (secondary N) is 1. The lowest BCUT2D eigenvalue weighted by molar-refractivity contribution is 0.102. The molecule has 0 aliphatic carbocycles.